The van der Waals surface area contributed by atoms with Crippen molar-refractivity contribution < 1.29 is 19.2 Å². The zero-order valence-electron chi connectivity index (χ0n) is 18.6. The van der Waals surface area contributed by atoms with Crippen molar-refractivity contribution in [3.8, 4) is 5.75 Å². The number of hydrogen-bond donors (Lipinski definition) is 3. The van der Waals surface area contributed by atoms with Crippen molar-refractivity contribution in [1.29, 1.82) is 0 Å². The maximum Gasteiger partial charge on any atom is 0.309 e. The van der Waals surface area contributed by atoms with Crippen LogP contribution in [0.4, 0.5) is 5.69 Å². The summed E-state index contributed by atoms with van der Waals surface area (Å²) in [6, 6.07) is 16.0. The Bertz CT molecular complexity index is 859. The number of rotatable bonds is 8. The molecule has 0 bridgehead atoms. The molecule has 1 fully saturated rings. The minimum Gasteiger partial charge on any atom is -0.497 e. The van der Waals surface area contributed by atoms with Crippen LogP contribution in [0, 0.1) is 0 Å². The van der Waals surface area contributed by atoms with Gasteiger partial charge in [-0.3, -0.25) is 9.59 Å². The Hall–Kier alpha value is -3.06. The molecule has 0 saturated carbocycles. The standard InChI is InChI=1S/C24H32N4O3/c1-27(2)20-10-8-19(9-11-20)22(28-14-4-5-15-28)17-26-24(30)23(29)25-16-18-6-12-21(31-3)13-7-18/h6-13,22H,4-5,14-17H2,1-3H3,(H,25,29)(H,26,30)/p+1/t22-/m1/s1. The highest BCUT2D eigenvalue weighted by molar-refractivity contribution is 6.35. The molecule has 0 unspecified atom stereocenters. The summed E-state index contributed by atoms with van der Waals surface area (Å²) in [6.07, 6.45) is 2.38. The molecule has 7 nitrogen and oxygen atoms in total. The second-order valence-electron chi connectivity index (χ2n) is 8.14. The number of anilines is 1. The molecule has 31 heavy (non-hydrogen) atoms. The minimum absolute atomic E-state index is 0.136. The zero-order valence-corrected chi connectivity index (χ0v) is 18.6. The van der Waals surface area contributed by atoms with Gasteiger partial charge in [-0.05, 0) is 29.8 Å². The Morgan fingerprint density at radius 1 is 0.968 bits per heavy atom. The van der Waals surface area contributed by atoms with Crippen molar-refractivity contribution in [3.05, 3.63) is 59.7 Å². The molecule has 1 atom stereocenters. The largest absolute Gasteiger partial charge is 0.497 e. The van der Waals surface area contributed by atoms with Gasteiger partial charge in [0.15, 0.2) is 0 Å². The van der Waals surface area contributed by atoms with E-state index in [1.807, 2.05) is 38.4 Å². The molecule has 2 aromatic rings. The molecule has 2 aromatic carbocycles. The number of ether oxygens (including phenoxy) is 1. The number of quaternary nitrogens is 1. The third-order valence-electron chi connectivity index (χ3n) is 5.84. The highest BCUT2D eigenvalue weighted by atomic mass is 16.5. The lowest BCUT2D eigenvalue weighted by molar-refractivity contribution is -0.918. The fraction of sp³-hybridized carbons (Fsp3) is 0.417. The smallest absolute Gasteiger partial charge is 0.309 e. The Labute approximate surface area is 184 Å². The van der Waals surface area contributed by atoms with Crippen LogP contribution in [0.25, 0.3) is 0 Å². The Morgan fingerprint density at radius 3 is 2.16 bits per heavy atom. The molecule has 166 valence electrons. The molecule has 1 aliphatic heterocycles. The Balaban J connectivity index is 1.56. The van der Waals surface area contributed by atoms with Crippen molar-refractivity contribution in [2.45, 2.75) is 25.4 Å². The second-order valence-corrected chi connectivity index (χ2v) is 8.14. The molecule has 0 aliphatic carbocycles. The van der Waals surface area contributed by atoms with E-state index in [2.05, 4.69) is 39.8 Å². The lowest BCUT2D eigenvalue weighted by atomic mass is 10.0. The van der Waals surface area contributed by atoms with Gasteiger partial charge in [0.05, 0.1) is 26.7 Å². The monoisotopic (exact) mass is 425 g/mol. The number of benzene rings is 2. The quantitative estimate of drug-likeness (QED) is 0.550. The normalized spacial score (nSPS) is 14.7. The molecule has 2 amide bonds. The van der Waals surface area contributed by atoms with Gasteiger partial charge in [-0.1, -0.05) is 24.3 Å². The van der Waals surface area contributed by atoms with E-state index >= 15 is 0 Å². The number of carbonyl (C=O) groups excluding carboxylic acids is 2. The summed E-state index contributed by atoms with van der Waals surface area (Å²) in [6.45, 7) is 2.90. The van der Waals surface area contributed by atoms with Crippen molar-refractivity contribution in [2.75, 3.05) is 45.7 Å². The molecule has 1 heterocycles. The average molecular weight is 426 g/mol. The topological polar surface area (TPSA) is 75.1 Å². The van der Waals surface area contributed by atoms with Gasteiger partial charge in [0.25, 0.3) is 0 Å². The molecule has 7 heteroatoms. The minimum atomic E-state index is -0.617. The maximum atomic E-state index is 12.4. The number of methoxy groups -OCH3 is 1. The van der Waals surface area contributed by atoms with Gasteiger partial charge >= 0.3 is 11.8 Å². The SMILES string of the molecule is COc1ccc(CNC(=O)C(=O)NC[C@H](c2ccc(N(C)C)cc2)[NH+]2CCCC2)cc1. The van der Waals surface area contributed by atoms with Gasteiger partial charge in [-0.15, -0.1) is 0 Å². The van der Waals surface area contributed by atoms with Crippen molar-refractivity contribution in [1.82, 2.24) is 10.6 Å². The number of nitrogens with zero attached hydrogens (tertiary/aromatic N) is 1. The second kappa shape index (κ2) is 10.8. The molecule has 1 saturated heterocycles. The van der Waals surface area contributed by atoms with Gasteiger partial charge in [0.2, 0.25) is 0 Å². The predicted molar refractivity (Wildman–Crippen MR) is 121 cm³/mol. The lowest BCUT2D eigenvalue weighted by Crippen LogP contribution is -3.11. The molecule has 0 spiro atoms. The number of amides is 2. The molecule has 1 aliphatic rings. The van der Waals surface area contributed by atoms with Crippen LogP contribution in [0.5, 0.6) is 5.75 Å². The van der Waals surface area contributed by atoms with Gasteiger partial charge in [-0.25, -0.2) is 0 Å². The first-order chi connectivity index (χ1) is 15.0. The molecular formula is C24H33N4O3+. The van der Waals surface area contributed by atoms with Crippen LogP contribution in [0.2, 0.25) is 0 Å². The summed E-state index contributed by atoms with van der Waals surface area (Å²) in [7, 11) is 5.64. The summed E-state index contributed by atoms with van der Waals surface area (Å²) in [5.74, 6) is -0.460. The van der Waals surface area contributed by atoms with Crippen molar-refractivity contribution in [3.63, 3.8) is 0 Å². The highest BCUT2D eigenvalue weighted by Crippen LogP contribution is 2.17. The van der Waals surface area contributed by atoms with Crippen LogP contribution < -0.4 is 25.2 Å². The lowest BCUT2D eigenvalue weighted by Gasteiger charge is -2.25. The van der Waals surface area contributed by atoms with E-state index < -0.39 is 11.8 Å². The van der Waals surface area contributed by atoms with E-state index in [1.54, 1.807) is 7.11 Å². The first kappa shape index (κ1) is 22.6. The van der Waals surface area contributed by atoms with Crippen LogP contribution in [0.15, 0.2) is 48.5 Å². The van der Waals surface area contributed by atoms with Crippen LogP contribution in [0.1, 0.15) is 30.0 Å². The average Bonchev–Trinajstić information content (AvgIpc) is 3.32. The van der Waals surface area contributed by atoms with E-state index in [0.717, 1.165) is 30.1 Å². The highest BCUT2D eigenvalue weighted by Gasteiger charge is 2.28. The first-order valence-corrected chi connectivity index (χ1v) is 10.8. The number of carbonyl (C=O) groups is 2. The molecule has 0 aromatic heterocycles. The fourth-order valence-corrected chi connectivity index (χ4v) is 3.96. The van der Waals surface area contributed by atoms with Gasteiger partial charge < -0.3 is 25.2 Å². The van der Waals surface area contributed by atoms with Gasteiger partial charge in [-0.2, -0.15) is 0 Å². The van der Waals surface area contributed by atoms with Crippen LogP contribution >= 0.6 is 0 Å². The van der Waals surface area contributed by atoms with Crippen molar-refractivity contribution in [2.24, 2.45) is 0 Å². The summed E-state index contributed by atoms with van der Waals surface area (Å²) in [5.41, 5.74) is 3.23. The summed E-state index contributed by atoms with van der Waals surface area (Å²) in [5, 5.41) is 5.53. The van der Waals surface area contributed by atoms with Crippen molar-refractivity contribution >= 4 is 17.5 Å². The molecule has 0 radical (unpaired) electrons. The first-order valence-electron chi connectivity index (χ1n) is 10.8. The predicted octanol–water partition coefficient (Wildman–Crippen LogP) is 0.914. The third kappa shape index (κ3) is 6.21. The van der Waals surface area contributed by atoms with E-state index in [0.29, 0.717) is 13.1 Å². The molecular weight excluding hydrogens is 392 g/mol. The maximum absolute atomic E-state index is 12.4. The van der Waals surface area contributed by atoms with Crippen LogP contribution in [0.3, 0.4) is 0 Å². The summed E-state index contributed by atoms with van der Waals surface area (Å²) in [4.78, 5) is 28.2. The number of nitrogens with one attached hydrogen (secondary N) is 3. The Kier molecular flexibility index (Phi) is 7.89. The van der Waals surface area contributed by atoms with Gasteiger partial charge in [0.1, 0.15) is 11.8 Å². The van der Waals surface area contributed by atoms with E-state index in [-0.39, 0.29) is 6.04 Å². The zero-order chi connectivity index (χ0) is 22.2. The summed E-state index contributed by atoms with van der Waals surface area (Å²) < 4.78 is 5.13. The molecule has 3 rings (SSSR count). The van der Waals surface area contributed by atoms with E-state index in [9.17, 15) is 9.59 Å². The number of hydrogen-bond acceptors (Lipinski definition) is 4. The van der Waals surface area contributed by atoms with Crippen LogP contribution in [-0.4, -0.2) is 52.7 Å². The fourth-order valence-electron chi connectivity index (χ4n) is 3.96. The summed E-state index contributed by atoms with van der Waals surface area (Å²) >= 11 is 0. The van der Waals surface area contributed by atoms with E-state index in [1.165, 1.54) is 23.3 Å². The molecule has 3 N–H and O–H groups in total. The van der Waals surface area contributed by atoms with Crippen LogP contribution in [-0.2, 0) is 16.1 Å². The van der Waals surface area contributed by atoms with E-state index in [4.69, 9.17) is 4.74 Å². The number of likely N-dealkylation sites (tertiary alicyclic amines) is 1. The third-order valence-corrected chi connectivity index (χ3v) is 5.84. The Morgan fingerprint density at radius 2 is 1.58 bits per heavy atom. The van der Waals surface area contributed by atoms with Gasteiger partial charge in [0, 0.05) is 44.7 Å².